The lowest BCUT2D eigenvalue weighted by atomic mass is 9.92. The summed E-state index contributed by atoms with van der Waals surface area (Å²) in [6.45, 7) is 2.03. The van der Waals surface area contributed by atoms with E-state index < -0.39 is 5.92 Å². The molecule has 0 spiro atoms. The van der Waals surface area contributed by atoms with E-state index in [0.717, 1.165) is 11.1 Å². The van der Waals surface area contributed by atoms with E-state index in [1.165, 1.54) is 5.56 Å². The van der Waals surface area contributed by atoms with Crippen LogP contribution in [0.4, 0.5) is 0 Å². The summed E-state index contributed by atoms with van der Waals surface area (Å²) in [5, 5.41) is 9.21. The molecule has 0 aliphatic rings. The van der Waals surface area contributed by atoms with Gasteiger partial charge in [-0.2, -0.15) is 5.26 Å². The molecule has 100 valence electrons. The maximum absolute atomic E-state index is 12.2. The molecule has 0 saturated heterocycles. The van der Waals surface area contributed by atoms with Gasteiger partial charge < -0.3 is 0 Å². The van der Waals surface area contributed by atoms with Gasteiger partial charge in [0, 0.05) is 18.8 Å². The highest BCUT2D eigenvalue weighted by molar-refractivity contribution is 5.88. The van der Waals surface area contributed by atoms with Crippen LogP contribution in [0, 0.1) is 18.3 Å². The van der Waals surface area contributed by atoms with E-state index in [-0.39, 0.29) is 5.78 Å². The molecule has 3 heteroatoms. The van der Waals surface area contributed by atoms with Gasteiger partial charge in [-0.05, 0) is 42.2 Å². The molecule has 0 aliphatic carbocycles. The number of hydrogen-bond acceptors (Lipinski definition) is 3. The summed E-state index contributed by atoms with van der Waals surface area (Å²) in [7, 11) is 0. The lowest BCUT2D eigenvalue weighted by molar-refractivity contribution is -0.119. The average Bonchev–Trinajstić information content (AvgIpc) is 2.48. The number of aromatic nitrogens is 1. The molecule has 2 aromatic rings. The molecule has 1 atom stereocenters. The predicted octanol–water partition coefficient (Wildman–Crippen LogP) is 3.20. The molecule has 0 aliphatic heterocycles. The Labute approximate surface area is 118 Å². The largest absolute Gasteiger partial charge is 0.298 e. The number of aryl methyl sites for hydroxylation is 2. The quantitative estimate of drug-likeness (QED) is 0.833. The Morgan fingerprint density at radius 3 is 2.60 bits per heavy atom. The van der Waals surface area contributed by atoms with Crippen molar-refractivity contribution in [3.63, 3.8) is 0 Å². The molecule has 0 amide bonds. The van der Waals surface area contributed by atoms with Crippen molar-refractivity contribution in [2.75, 3.05) is 0 Å². The van der Waals surface area contributed by atoms with Crippen LogP contribution in [0.2, 0.25) is 0 Å². The van der Waals surface area contributed by atoms with Gasteiger partial charge in [0.05, 0.1) is 6.07 Å². The molecule has 0 saturated carbocycles. The zero-order chi connectivity index (χ0) is 14.4. The van der Waals surface area contributed by atoms with Gasteiger partial charge in [-0.1, -0.05) is 24.3 Å². The summed E-state index contributed by atoms with van der Waals surface area (Å²) in [5.74, 6) is -0.732. The third kappa shape index (κ3) is 3.30. The van der Waals surface area contributed by atoms with Gasteiger partial charge in [0.2, 0.25) is 0 Å². The molecular weight excluding hydrogens is 248 g/mol. The molecule has 1 aromatic heterocycles. The number of pyridine rings is 1. The van der Waals surface area contributed by atoms with Crippen molar-refractivity contribution < 1.29 is 4.79 Å². The standard InChI is InChI=1S/C17H16N2O/c1-13-4-2-3-5-14(13)6-7-17(20)16(12-18)15-8-10-19-11-9-15/h2-5,8-11,16H,6-7H2,1H3. The lowest BCUT2D eigenvalue weighted by Crippen LogP contribution is -2.12. The average molecular weight is 264 g/mol. The van der Waals surface area contributed by atoms with E-state index in [0.29, 0.717) is 12.8 Å². The van der Waals surface area contributed by atoms with Crippen LogP contribution in [-0.4, -0.2) is 10.8 Å². The molecule has 0 radical (unpaired) electrons. The Hall–Kier alpha value is -2.47. The predicted molar refractivity (Wildman–Crippen MR) is 77.1 cm³/mol. The molecule has 1 heterocycles. The second-order valence-electron chi connectivity index (χ2n) is 4.74. The highest BCUT2D eigenvalue weighted by Gasteiger charge is 2.19. The zero-order valence-corrected chi connectivity index (χ0v) is 11.4. The van der Waals surface area contributed by atoms with E-state index >= 15 is 0 Å². The minimum atomic E-state index is -0.693. The van der Waals surface area contributed by atoms with Gasteiger partial charge in [-0.3, -0.25) is 9.78 Å². The number of ketones is 1. The third-order valence-corrected chi connectivity index (χ3v) is 3.39. The smallest absolute Gasteiger partial charge is 0.154 e. The normalized spacial score (nSPS) is 11.6. The topological polar surface area (TPSA) is 53.8 Å². The van der Waals surface area contributed by atoms with E-state index in [9.17, 15) is 10.1 Å². The molecule has 0 N–H and O–H groups in total. The summed E-state index contributed by atoms with van der Waals surface area (Å²) < 4.78 is 0. The number of rotatable bonds is 5. The monoisotopic (exact) mass is 264 g/mol. The molecule has 0 bridgehead atoms. The van der Waals surface area contributed by atoms with Crippen LogP contribution in [-0.2, 0) is 11.2 Å². The second kappa shape index (κ2) is 6.63. The highest BCUT2D eigenvalue weighted by Crippen LogP contribution is 2.18. The number of nitrogens with zero attached hydrogens (tertiary/aromatic N) is 2. The first kappa shape index (κ1) is 14.0. The van der Waals surface area contributed by atoms with Crippen LogP contribution < -0.4 is 0 Å². The van der Waals surface area contributed by atoms with Crippen LogP contribution >= 0.6 is 0 Å². The summed E-state index contributed by atoms with van der Waals surface area (Å²) in [4.78, 5) is 16.1. The molecule has 0 fully saturated rings. The summed E-state index contributed by atoms with van der Waals surface area (Å²) in [6, 6.07) is 13.5. The summed E-state index contributed by atoms with van der Waals surface area (Å²) in [6.07, 6.45) is 4.27. The Bertz CT molecular complexity index is 629. The molecule has 1 unspecified atom stereocenters. The minimum Gasteiger partial charge on any atom is -0.298 e. The van der Waals surface area contributed by atoms with Gasteiger partial charge in [0.25, 0.3) is 0 Å². The fourth-order valence-electron chi connectivity index (χ4n) is 2.18. The first-order valence-electron chi connectivity index (χ1n) is 6.59. The number of carbonyl (C=O) groups excluding carboxylic acids is 1. The van der Waals surface area contributed by atoms with Gasteiger partial charge in [0.15, 0.2) is 5.78 Å². The van der Waals surface area contributed by atoms with E-state index in [4.69, 9.17) is 0 Å². The number of hydrogen-bond donors (Lipinski definition) is 0. The van der Waals surface area contributed by atoms with E-state index in [1.807, 2.05) is 31.2 Å². The number of Topliss-reactive ketones (excluding diaryl/α,β-unsaturated/α-hetero) is 1. The highest BCUT2D eigenvalue weighted by atomic mass is 16.1. The molecule has 3 nitrogen and oxygen atoms in total. The van der Waals surface area contributed by atoms with Crippen LogP contribution in [0.1, 0.15) is 29.0 Å². The van der Waals surface area contributed by atoms with Crippen molar-refractivity contribution in [2.24, 2.45) is 0 Å². The van der Waals surface area contributed by atoms with E-state index in [1.54, 1.807) is 24.5 Å². The molecule has 20 heavy (non-hydrogen) atoms. The fraction of sp³-hybridized carbons (Fsp3) is 0.235. The van der Waals surface area contributed by atoms with Crippen LogP contribution in [0.15, 0.2) is 48.8 Å². The first-order valence-corrected chi connectivity index (χ1v) is 6.59. The van der Waals surface area contributed by atoms with Gasteiger partial charge in [-0.15, -0.1) is 0 Å². The Balaban J connectivity index is 2.05. The van der Waals surface area contributed by atoms with Gasteiger partial charge in [-0.25, -0.2) is 0 Å². The van der Waals surface area contributed by atoms with Crippen molar-refractivity contribution in [2.45, 2.75) is 25.7 Å². The van der Waals surface area contributed by atoms with Crippen molar-refractivity contribution in [3.8, 4) is 6.07 Å². The van der Waals surface area contributed by atoms with Crippen LogP contribution in [0.3, 0.4) is 0 Å². The summed E-state index contributed by atoms with van der Waals surface area (Å²) >= 11 is 0. The van der Waals surface area contributed by atoms with Crippen molar-refractivity contribution in [3.05, 3.63) is 65.5 Å². The Morgan fingerprint density at radius 1 is 1.25 bits per heavy atom. The summed E-state index contributed by atoms with van der Waals surface area (Å²) in [5.41, 5.74) is 3.06. The Kier molecular flexibility index (Phi) is 4.62. The number of nitriles is 1. The van der Waals surface area contributed by atoms with Gasteiger partial charge in [0.1, 0.15) is 5.92 Å². The minimum absolute atomic E-state index is 0.0399. The third-order valence-electron chi connectivity index (χ3n) is 3.39. The van der Waals surface area contributed by atoms with Crippen LogP contribution in [0.5, 0.6) is 0 Å². The molecular formula is C17H16N2O. The van der Waals surface area contributed by atoms with Crippen molar-refractivity contribution in [1.29, 1.82) is 5.26 Å². The second-order valence-corrected chi connectivity index (χ2v) is 4.74. The Morgan fingerprint density at radius 2 is 1.95 bits per heavy atom. The molecule has 1 aromatic carbocycles. The lowest BCUT2D eigenvalue weighted by Gasteiger charge is -2.09. The van der Waals surface area contributed by atoms with E-state index in [2.05, 4.69) is 11.1 Å². The first-order chi connectivity index (χ1) is 9.72. The zero-order valence-electron chi connectivity index (χ0n) is 11.4. The maximum Gasteiger partial charge on any atom is 0.154 e. The fourth-order valence-corrected chi connectivity index (χ4v) is 2.18. The van der Waals surface area contributed by atoms with Crippen molar-refractivity contribution >= 4 is 5.78 Å². The van der Waals surface area contributed by atoms with Crippen LogP contribution in [0.25, 0.3) is 0 Å². The maximum atomic E-state index is 12.2. The van der Waals surface area contributed by atoms with Crippen molar-refractivity contribution in [1.82, 2.24) is 4.98 Å². The number of benzene rings is 1. The molecule has 2 rings (SSSR count). The van der Waals surface area contributed by atoms with Gasteiger partial charge >= 0.3 is 0 Å². The SMILES string of the molecule is Cc1ccccc1CCC(=O)C(C#N)c1ccncc1. The number of carbonyl (C=O) groups is 1.